The van der Waals surface area contributed by atoms with Crippen LogP contribution in [0.2, 0.25) is 0 Å². The maximum absolute atomic E-state index is 12.8. The lowest BCUT2D eigenvalue weighted by molar-refractivity contribution is -0.895. The van der Waals surface area contributed by atoms with E-state index < -0.39 is 10.0 Å². The number of nitrogens with zero attached hydrogens (tertiary/aromatic N) is 1. The molecule has 8 nitrogen and oxygen atoms in total. The maximum atomic E-state index is 12.8. The molecule has 0 bridgehead atoms. The number of sulfonamides is 1. The van der Waals surface area contributed by atoms with Gasteiger partial charge in [0.25, 0.3) is 5.91 Å². The number of amides is 2. The van der Waals surface area contributed by atoms with Crippen molar-refractivity contribution < 1.29 is 22.9 Å². The molecule has 0 aliphatic carbocycles. The molecular weight excluding hydrogens is 356 g/mol. The molecule has 0 radical (unpaired) electrons. The van der Waals surface area contributed by atoms with E-state index in [0.717, 1.165) is 16.0 Å². The minimum Gasteiger partial charge on any atom is -0.358 e. The van der Waals surface area contributed by atoms with E-state index in [1.807, 2.05) is 19.9 Å². The van der Waals surface area contributed by atoms with Gasteiger partial charge >= 0.3 is 0 Å². The van der Waals surface area contributed by atoms with E-state index in [0.29, 0.717) is 31.1 Å². The van der Waals surface area contributed by atoms with Gasteiger partial charge in [0, 0.05) is 7.05 Å². The monoisotopic (exact) mass is 383 g/mol. The molecule has 0 unspecified atom stereocenters. The number of aryl methyl sites for hydroxylation is 2. The van der Waals surface area contributed by atoms with Crippen LogP contribution in [0, 0.1) is 13.8 Å². The summed E-state index contributed by atoms with van der Waals surface area (Å²) in [7, 11) is -2.00. The SMILES string of the molecule is CNC(=O)CNC(=O)C[NH+]1CCN(S(=O)(=O)c2ccc(C)c(C)c2)CC1. The van der Waals surface area contributed by atoms with E-state index in [1.54, 1.807) is 12.1 Å². The third kappa shape index (κ3) is 5.03. The number of hydrogen-bond donors (Lipinski definition) is 3. The van der Waals surface area contributed by atoms with Crippen molar-refractivity contribution in [2.24, 2.45) is 0 Å². The first-order valence-corrected chi connectivity index (χ1v) is 10.1. The van der Waals surface area contributed by atoms with E-state index in [9.17, 15) is 18.0 Å². The van der Waals surface area contributed by atoms with Gasteiger partial charge in [-0.15, -0.1) is 0 Å². The molecule has 144 valence electrons. The van der Waals surface area contributed by atoms with Crippen molar-refractivity contribution in [1.29, 1.82) is 0 Å². The number of nitrogens with one attached hydrogen (secondary N) is 3. The number of likely N-dealkylation sites (N-methyl/N-ethyl adjacent to an activating group) is 1. The summed E-state index contributed by atoms with van der Waals surface area (Å²) >= 11 is 0. The molecule has 2 rings (SSSR count). The Bertz CT molecular complexity index is 771. The van der Waals surface area contributed by atoms with Gasteiger partial charge in [0.15, 0.2) is 6.54 Å². The van der Waals surface area contributed by atoms with Crippen LogP contribution in [0.15, 0.2) is 23.1 Å². The van der Waals surface area contributed by atoms with Crippen LogP contribution in [-0.4, -0.2) is 70.9 Å². The molecule has 2 amide bonds. The predicted molar refractivity (Wildman–Crippen MR) is 97.3 cm³/mol. The summed E-state index contributed by atoms with van der Waals surface area (Å²) in [5.74, 6) is -0.466. The smallest absolute Gasteiger partial charge is 0.275 e. The van der Waals surface area contributed by atoms with Gasteiger partial charge in [-0.1, -0.05) is 6.07 Å². The molecule has 0 atom stereocenters. The molecule has 1 aliphatic heterocycles. The van der Waals surface area contributed by atoms with Gasteiger partial charge in [-0.2, -0.15) is 4.31 Å². The Morgan fingerprint density at radius 2 is 1.77 bits per heavy atom. The van der Waals surface area contributed by atoms with Gasteiger partial charge in [0.05, 0.1) is 37.6 Å². The molecule has 0 spiro atoms. The Kier molecular flexibility index (Phi) is 6.74. The van der Waals surface area contributed by atoms with Crippen molar-refractivity contribution >= 4 is 21.8 Å². The van der Waals surface area contributed by atoms with Gasteiger partial charge in [-0.3, -0.25) is 9.59 Å². The summed E-state index contributed by atoms with van der Waals surface area (Å²) in [6, 6.07) is 5.17. The molecule has 1 fully saturated rings. The van der Waals surface area contributed by atoms with Crippen LogP contribution in [-0.2, 0) is 19.6 Å². The Morgan fingerprint density at radius 1 is 1.12 bits per heavy atom. The molecule has 1 aromatic rings. The summed E-state index contributed by atoms with van der Waals surface area (Å²) in [6.45, 7) is 5.87. The Hall–Kier alpha value is -1.97. The zero-order valence-corrected chi connectivity index (χ0v) is 16.3. The molecule has 0 saturated carbocycles. The van der Waals surface area contributed by atoms with Crippen LogP contribution in [0.1, 0.15) is 11.1 Å². The van der Waals surface area contributed by atoms with Gasteiger partial charge in [0.2, 0.25) is 15.9 Å². The van der Waals surface area contributed by atoms with Crippen molar-refractivity contribution in [3.8, 4) is 0 Å². The Balaban J connectivity index is 1.90. The lowest BCUT2D eigenvalue weighted by Gasteiger charge is -2.31. The second-order valence-electron chi connectivity index (χ2n) is 6.53. The minimum atomic E-state index is -3.51. The number of benzene rings is 1. The first kappa shape index (κ1) is 20.3. The summed E-state index contributed by atoms with van der Waals surface area (Å²) in [4.78, 5) is 24.3. The lowest BCUT2D eigenvalue weighted by Crippen LogP contribution is -3.15. The van der Waals surface area contributed by atoms with E-state index in [4.69, 9.17) is 0 Å². The van der Waals surface area contributed by atoms with Crippen molar-refractivity contribution in [2.45, 2.75) is 18.7 Å². The van der Waals surface area contributed by atoms with Crippen LogP contribution in [0.4, 0.5) is 0 Å². The molecule has 0 aromatic heterocycles. The van der Waals surface area contributed by atoms with Crippen molar-refractivity contribution in [2.75, 3.05) is 46.3 Å². The predicted octanol–water partition coefficient (Wildman–Crippen LogP) is -1.95. The fraction of sp³-hybridized carbons (Fsp3) is 0.529. The Morgan fingerprint density at radius 3 is 2.35 bits per heavy atom. The molecule has 1 heterocycles. The maximum Gasteiger partial charge on any atom is 0.275 e. The standard InChI is InChI=1S/C17H26N4O4S/c1-13-4-5-15(10-14(13)2)26(24,25)21-8-6-20(7-9-21)12-17(23)19-11-16(22)18-3/h4-5,10H,6-9,11-12H2,1-3H3,(H,18,22)(H,19,23)/p+1. The van der Waals surface area contributed by atoms with Crippen LogP contribution in [0.5, 0.6) is 0 Å². The van der Waals surface area contributed by atoms with Crippen LogP contribution >= 0.6 is 0 Å². The van der Waals surface area contributed by atoms with Crippen molar-refractivity contribution in [3.63, 3.8) is 0 Å². The third-order valence-corrected chi connectivity index (χ3v) is 6.58. The van der Waals surface area contributed by atoms with Crippen molar-refractivity contribution in [1.82, 2.24) is 14.9 Å². The van der Waals surface area contributed by atoms with Gasteiger partial charge in [-0.05, 0) is 37.1 Å². The van der Waals surface area contributed by atoms with E-state index in [-0.39, 0.29) is 24.9 Å². The van der Waals surface area contributed by atoms with E-state index >= 15 is 0 Å². The van der Waals surface area contributed by atoms with Crippen molar-refractivity contribution in [3.05, 3.63) is 29.3 Å². The minimum absolute atomic E-state index is 0.0457. The number of rotatable bonds is 6. The quantitative estimate of drug-likeness (QED) is 0.532. The highest BCUT2D eigenvalue weighted by Crippen LogP contribution is 2.19. The van der Waals surface area contributed by atoms with Gasteiger partial charge < -0.3 is 15.5 Å². The van der Waals surface area contributed by atoms with Crippen LogP contribution in [0.25, 0.3) is 0 Å². The lowest BCUT2D eigenvalue weighted by atomic mass is 10.1. The largest absolute Gasteiger partial charge is 0.358 e. The molecule has 1 aliphatic rings. The first-order chi connectivity index (χ1) is 12.2. The normalized spacial score (nSPS) is 16.3. The fourth-order valence-electron chi connectivity index (χ4n) is 2.80. The van der Waals surface area contributed by atoms with Crippen LogP contribution < -0.4 is 15.5 Å². The average molecular weight is 383 g/mol. The summed E-state index contributed by atoms with van der Waals surface area (Å²) < 4.78 is 27.0. The third-order valence-electron chi connectivity index (χ3n) is 4.68. The zero-order chi connectivity index (χ0) is 19.3. The topological polar surface area (TPSA) is 100 Å². The van der Waals surface area contributed by atoms with Gasteiger partial charge in [-0.25, -0.2) is 8.42 Å². The molecule has 1 aromatic carbocycles. The molecule has 1 saturated heterocycles. The second kappa shape index (κ2) is 8.61. The number of carbonyl (C=O) groups is 2. The highest BCUT2D eigenvalue weighted by atomic mass is 32.2. The molecule has 9 heteroatoms. The van der Waals surface area contributed by atoms with E-state index in [2.05, 4.69) is 10.6 Å². The number of quaternary nitrogens is 1. The zero-order valence-electron chi connectivity index (χ0n) is 15.5. The summed E-state index contributed by atoms with van der Waals surface area (Å²) in [5, 5.41) is 4.99. The average Bonchev–Trinajstić information content (AvgIpc) is 2.62. The first-order valence-electron chi connectivity index (χ1n) is 8.62. The number of carbonyl (C=O) groups excluding carboxylic acids is 2. The molecular formula is C17H27N4O4S+. The summed E-state index contributed by atoms with van der Waals surface area (Å²) in [6.07, 6.45) is 0. The molecule has 26 heavy (non-hydrogen) atoms. The number of piperazine rings is 1. The van der Waals surface area contributed by atoms with E-state index in [1.165, 1.54) is 11.4 Å². The van der Waals surface area contributed by atoms with Crippen LogP contribution in [0.3, 0.4) is 0 Å². The highest BCUT2D eigenvalue weighted by molar-refractivity contribution is 7.89. The Labute approximate surface area is 154 Å². The highest BCUT2D eigenvalue weighted by Gasteiger charge is 2.31. The number of hydrogen-bond acceptors (Lipinski definition) is 4. The second-order valence-corrected chi connectivity index (χ2v) is 8.46. The fourth-order valence-corrected chi connectivity index (χ4v) is 4.33. The van der Waals surface area contributed by atoms with Gasteiger partial charge in [0.1, 0.15) is 0 Å². The molecule has 3 N–H and O–H groups in total. The summed E-state index contributed by atoms with van der Waals surface area (Å²) in [5.41, 5.74) is 2.00.